The van der Waals surface area contributed by atoms with Gasteiger partial charge in [0.2, 0.25) is 5.91 Å². The first-order valence-electron chi connectivity index (χ1n) is 8.57. The van der Waals surface area contributed by atoms with Crippen LogP contribution in [0.5, 0.6) is 11.5 Å². The van der Waals surface area contributed by atoms with Gasteiger partial charge in [0.05, 0.1) is 26.7 Å². The molecule has 1 N–H and O–H groups in total. The van der Waals surface area contributed by atoms with Gasteiger partial charge >= 0.3 is 5.97 Å². The molecule has 0 fully saturated rings. The lowest BCUT2D eigenvalue weighted by Gasteiger charge is -2.39. The van der Waals surface area contributed by atoms with Crippen molar-refractivity contribution in [3.8, 4) is 11.5 Å². The zero-order valence-corrected chi connectivity index (χ0v) is 15.5. The van der Waals surface area contributed by atoms with Crippen molar-refractivity contribution in [1.29, 1.82) is 0 Å². The van der Waals surface area contributed by atoms with Crippen molar-refractivity contribution in [2.75, 3.05) is 20.8 Å². The van der Waals surface area contributed by atoms with Crippen molar-refractivity contribution < 1.29 is 24.2 Å². The van der Waals surface area contributed by atoms with Crippen LogP contribution in [0.1, 0.15) is 44.4 Å². The highest BCUT2D eigenvalue weighted by atomic mass is 16.5. The smallest absolute Gasteiger partial charge is 0.305 e. The molecular weight excluding hydrogens is 322 g/mol. The molecule has 2 rings (SSSR count). The number of nitrogens with zero attached hydrogens (tertiary/aromatic N) is 1. The third-order valence-corrected chi connectivity index (χ3v) is 5.04. The van der Waals surface area contributed by atoms with Crippen LogP contribution in [-0.4, -0.2) is 42.6 Å². The number of fused-ring (bicyclic) bond motifs is 1. The number of carboxylic acids is 1. The summed E-state index contributed by atoms with van der Waals surface area (Å²) in [6.07, 6.45) is 0.543. The van der Waals surface area contributed by atoms with Crippen molar-refractivity contribution in [2.24, 2.45) is 11.8 Å². The molecule has 6 nitrogen and oxygen atoms in total. The topological polar surface area (TPSA) is 76.1 Å². The summed E-state index contributed by atoms with van der Waals surface area (Å²) in [5.74, 6) is 0.278. The molecule has 1 heterocycles. The summed E-state index contributed by atoms with van der Waals surface area (Å²) in [5, 5.41) is 9.37. The Morgan fingerprint density at radius 1 is 1.20 bits per heavy atom. The molecule has 0 saturated carbocycles. The Morgan fingerprint density at radius 3 is 2.32 bits per heavy atom. The first-order valence-corrected chi connectivity index (χ1v) is 8.57. The second-order valence-corrected chi connectivity index (χ2v) is 6.83. The van der Waals surface area contributed by atoms with E-state index in [2.05, 4.69) is 0 Å². The Morgan fingerprint density at radius 2 is 1.80 bits per heavy atom. The summed E-state index contributed by atoms with van der Waals surface area (Å²) >= 11 is 0. The number of rotatable bonds is 6. The SMILES string of the molecule is COc1cc2c(cc1OC)C(CC(=O)O)N(C(=O)C(C)C(C)C)CC2. The minimum Gasteiger partial charge on any atom is -0.493 e. The van der Waals surface area contributed by atoms with Crippen LogP contribution in [0.25, 0.3) is 0 Å². The summed E-state index contributed by atoms with van der Waals surface area (Å²) in [5.41, 5.74) is 1.83. The minimum atomic E-state index is -0.928. The number of benzene rings is 1. The molecular formula is C19H27NO5. The molecule has 2 atom stereocenters. The van der Waals surface area contributed by atoms with E-state index >= 15 is 0 Å². The largest absolute Gasteiger partial charge is 0.493 e. The molecule has 6 heteroatoms. The number of hydrogen-bond donors (Lipinski definition) is 1. The van der Waals surface area contributed by atoms with Crippen LogP contribution in [0, 0.1) is 11.8 Å². The number of amides is 1. The van der Waals surface area contributed by atoms with Crippen molar-refractivity contribution in [3.63, 3.8) is 0 Å². The van der Waals surface area contributed by atoms with Gasteiger partial charge in [0, 0.05) is 12.5 Å². The van der Waals surface area contributed by atoms with E-state index in [0.29, 0.717) is 24.5 Å². The molecule has 2 unspecified atom stereocenters. The van der Waals surface area contributed by atoms with Crippen LogP contribution in [0.15, 0.2) is 12.1 Å². The lowest BCUT2D eigenvalue weighted by molar-refractivity contribution is -0.143. The predicted molar refractivity (Wildman–Crippen MR) is 94.0 cm³/mol. The Labute approximate surface area is 148 Å². The van der Waals surface area contributed by atoms with Crippen molar-refractivity contribution in [1.82, 2.24) is 4.90 Å². The minimum absolute atomic E-state index is 0.00156. The van der Waals surface area contributed by atoms with Crippen molar-refractivity contribution in [3.05, 3.63) is 23.3 Å². The third kappa shape index (κ3) is 3.89. The van der Waals surface area contributed by atoms with Crippen LogP contribution in [0.3, 0.4) is 0 Å². The molecule has 1 aliphatic heterocycles. The van der Waals surface area contributed by atoms with Gasteiger partial charge in [-0.25, -0.2) is 0 Å². The second-order valence-electron chi connectivity index (χ2n) is 6.83. The van der Waals surface area contributed by atoms with E-state index in [-0.39, 0.29) is 24.2 Å². The maximum atomic E-state index is 12.9. The van der Waals surface area contributed by atoms with Crippen molar-refractivity contribution >= 4 is 11.9 Å². The maximum Gasteiger partial charge on any atom is 0.305 e. The Balaban J connectivity index is 2.47. The molecule has 138 valence electrons. The van der Waals surface area contributed by atoms with Crippen LogP contribution < -0.4 is 9.47 Å². The van der Waals surface area contributed by atoms with Gasteiger partial charge in [-0.1, -0.05) is 20.8 Å². The summed E-state index contributed by atoms with van der Waals surface area (Å²) in [6, 6.07) is 3.20. The van der Waals surface area contributed by atoms with E-state index in [4.69, 9.17) is 9.47 Å². The molecule has 1 aliphatic rings. The number of ether oxygens (including phenoxy) is 2. The quantitative estimate of drug-likeness (QED) is 0.854. The molecule has 0 aliphatic carbocycles. The van der Waals surface area contributed by atoms with Gasteiger partial charge < -0.3 is 19.5 Å². The van der Waals surface area contributed by atoms with Crippen molar-refractivity contribution in [2.45, 2.75) is 39.7 Å². The first-order chi connectivity index (χ1) is 11.8. The number of hydrogen-bond acceptors (Lipinski definition) is 4. The van der Waals surface area contributed by atoms with E-state index in [0.717, 1.165) is 11.1 Å². The van der Waals surface area contributed by atoms with E-state index in [1.807, 2.05) is 26.8 Å². The molecule has 0 aromatic heterocycles. The van der Waals surface area contributed by atoms with E-state index in [1.54, 1.807) is 25.2 Å². The molecule has 1 amide bonds. The van der Waals surface area contributed by atoms with E-state index < -0.39 is 12.0 Å². The second kappa shape index (κ2) is 7.76. The molecule has 1 aromatic rings. The maximum absolute atomic E-state index is 12.9. The average Bonchev–Trinajstić information content (AvgIpc) is 2.58. The molecule has 0 saturated heterocycles. The molecule has 0 bridgehead atoms. The van der Waals surface area contributed by atoms with Crippen LogP contribution >= 0.6 is 0 Å². The van der Waals surface area contributed by atoms with Crippen LogP contribution in [-0.2, 0) is 16.0 Å². The number of carbonyl (C=O) groups excluding carboxylic acids is 1. The van der Waals surface area contributed by atoms with Gasteiger partial charge in [-0.3, -0.25) is 9.59 Å². The number of carbonyl (C=O) groups is 2. The van der Waals surface area contributed by atoms with Gasteiger partial charge in [-0.2, -0.15) is 0 Å². The summed E-state index contributed by atoms with van der Waals surface area (Å²) in [6.45, 7) is 6.41. The Hall–Kier alpha value is -2.24. The molecule has 0 radical (unpaired) electrons. The van der Waals surface area contributed by atoms with Gasteiger partial charge in [0.15, 0.2) is 11.5 Å². The van der Waals surface area contributed by atoms with Crippen LogP contribution in [0.4, 0.5) is 0 Å². The first kappa shape index (κ1) is 19.1. The average molecular weight is 349 g/mol. The van der Waals surface area contributed by atoms with E-state index in [9.17, 15) is 14.7 Å². The number of aliphatic carboxylic acids is 1. The monoisotopic (exact) mass is 349 g/mol. The van der Waals surface area contributed by atoms with Gasteiger partial charge in [0.25, 0.3) is 0 Å². The highest BCUT2D eigenvalue weighted by Gasteiger charge is 2.35. The van der Waals surface area contributed by atoms with Gasteiger partial charge in [0.1, 0.15) is 0 Å². The zero-order chi connectivity index (χ0) is 18.7. The number of carboxylic acid groups (broad SMARTS) is 1. The Kier molecular flexibility index (Phi) is 5.93. The number of methoxy groups -OCH3 is 2. The summed E-state index contributed by atoms with van der Waals surface area (Å²) in [7, 11) is 3.12. The fourth-order valence-corrected chi connectivity index (χ4v) is 3.22. The predicted octanol–water partition coefficient (Wildman–Crippen LogP) is 2.90. The molecule has 0 spiro atoms. The lowest BCUT2D eigenvalue weighted by atomic mass is 9.87. The zero-order valence-electron chi connectivity index (χ0n) is 15.5. The standard InChI is InChI=1S/C19H27NO5/c1-11(2)12(3)19(23)20-7-6-13-8-16(24-4)17(25-5)9-14(13)15(20)10-18(21)22/h8-9,11-12,15H,6-7,10H2,1-5H3,(H,21,22). The molecule has 1 aromatic carbocycles. The van der Waals surface area contributed by atoms with Gasteiger partial charge in [-0.05, 0) is 35.6 Å². The van der Waals surface area contributed by atoms with Crippen LogP contribution in [0.2, 0.25) is 0 Å². The van der Waals surface area contributed by atoms with Gasteiger partial charge in [-0.15, -0.1) is 0 Å². The highest BCUT2D eigenvalue weighted by Crippen LogP contribution is 2.40. The highest BCUT2D eigenvalue weighted by molar-refractivity contribution is 5.81. The summed E-state index contributed by atoms with van der Waals surface area (Å²) in [4.78, 5) is 26.0. The Bertz CT molecular complexity index is 655. The lowest BCUT2D eigenvalue weighted by Crippen LogP contribution is -2.44. The normalized spacial score (nSPS) is 17.8. The summed E-state index contributed by atoms with van der Waals surface area (Å²) < 4.78 is 10.7. The third-order valence-electron chi connectivity index (χ3n) is 5.04. The molecule has 25 heavy (non-hydrogen) atoms. The fraction of sp³-hybridized carbons (Fsp3) is 0.579. The fourth-order valence-electron chi connectivity index (χ4n) is 3.22. The van der Waals surface area contributed by atoms with E-state index in [1.165, 1.54) is 0 Å².